The third-order valence-electron chi connectivity index (χ3n) is 3.00. The number of amides is 1. The lowest BCUT2D eigenvalue weighted by Crippen LogP contribution is -2.39. The van der Waals surface area contributed by atoms with Gasteiger partial charge in [0.25, 0.3) is 5.91 Å². The predicted molar refractivity (Wildman–Crippen MR) is 80.1 cm³/mol. The van der Waals surface area contributed by atoms with Gasteiger partial charge in [-0.2, -0.15) is 11.8 Å². The van der Waals surface area contributed by atoms with Crippen LogP contribution in [0.5, 0.6) is 0 Å². The van der Waals surface area contributed by atoms with Crippen LogP contribution in [0.2, 0.25) is 5.15 Å². The van der Waals surface area contributed by atoms with Gasteiger partial charge in [0.15, 0.2) is 0 Å². The van der Waals surface area contributed by atoms with Crippen molar-refractivity contribution >= 4 is 29.3 Å². The van der Waals surface area contributed by atoms with E-state index in [-0.39, 0.29) is 5.91 Å². The lowest BCUT2D eigenvalue weighted by Gasteiger charge is -2.25. The second-order valence-electron chi connectivity index (χ2n) is 4.53. The summed E-state index contributed by atoms with van der Waals surface area (Å²) in [6, 6.07) is 3.35. The summed E-state index contributed by atoms with van der Waals surface area (Å²) in [6.45, 7) is 5.63. The summed E-state index contributed by atoms with van der Waals surface area (Å²) in [5.74, 6) is 2.29. The van der Waals surface area contributed by atoms with Crippen LogP contribution in [0.15, 0.2) is 12.1 Å². The van der Waals surface area contributed by atoms with E-state index < -0.39 is 0 Å². The van der Waals surface area contributed by atoms with Gasteiger partial charge in [-0.05, 0) is 19.1 Å². The first-order valence-corrected chi connectivity index (χ1v) is 7.91. The van der Waals surface area contributed by atoms with Gasteiger partial charge in [-0.1, -0.05) is 11.6 Å². The largest absolute Gasteiger partial charge is 0.351 e. The Morgan fingerprint density at radius 1 is 1.47 bits per heavy atom. The molecule has 0 aromatic carbocycles. The molecule has 0 aliphatic carbocycles. The van der Waals surface area contributed by atoms with Gasteiger partial charge in [0, 0.05) is 48.9 Å². The van der Waals surface area contributed by atoms with Crippen molar-refractivity contribution < 1.29 is 4.79 Å². The van der Waals surface area contributed by atoms with Crippen LogP contribution in [0.3, 0.4) is 0 Å². The molecule has 1 saturated heterocycles. The molecule has 19 heavy (non-hydrogen) atoms. The summed E-state index contributed by atoms with van der Waals surface area (Å²) in [6.07, 6.45) is 0. The van der Waals surface area contributed by atoms with Gasteiger partial charge in [0.05, 0.1) is 0 Å². The molecule has 0 saturated carbocycles. The molecule has 1 N–H and O–H groups in total. The quantitative estimate of drug-likeness (QED) is 0.862. The second kappa shape index (κ2) is 7.12. The van der Waals surface area contributed by atoms with Crippen LogP contribution in [0.25, 0.3) is 0 Å². The maximum atomic E-state index is 12.0. The molecule has 1 aliphatic heterocycles. The fourth-order valence-electron chi connectivity index (χ4n) is 2.01. The minimum atomic E-state index is -0.0845. The van der Waals surface area contributed by atoms with Crippen molar-refractivity contribution in [1.29, 1.82) is 0 Å². The van der Waals surface area contributed by atoms with Crippen LogP contribution in [0, 0.1) is 6.92 Å². The Labute approximate surface area is 122 Å². The Morgan fingerprint density at radius 3 is 2.89 bits per heavy atom. The molecule has 0 atom stereocenters. The predicted octanol–water partition coefficient (Wildman–Crippen LogP) is 1.82. The lowest BCUT2D eigenvalue weighted by molar-refractivity contribution is 0.0948. The number of hydrogen-bond donors (Lipinski definition) is 1. The summed E-state index contributed by atoms with van der Waals surface area (Å²) in [4.78, 5) is 18.4. The Morgan fingerprint density at radius 2 is 2.21 bits per heavy atom. The number of nitrogens with one attached hydrogen (secondary N) is 1. The molecule has 1 amide bonds. The number of nitrogens with zero attached hydrogens (tertiary/aromatic N) is 2. The smallest absolute Gasteiger partial charge is 0.251 e. The van der Waals surface area contributed by atoms with Crippen molar-refractivity contribution in [1.82, 2.24) is 15.2 Å². The van der Waals surface area contributed by atoms with Crippen molar-refractivity contribution in [3.8, 4) is 0 Å². The summed E-state index contributed by atoms with van der Waals surface area (Å²) < 4.78 is 0. The van der Waals surface area contributed by atoms with E-state index in [9.17, 15) is 4.79 Å². The molecule has 1 aromatic heterocycles. The topological polar surface area (TPSA) is 45.2 Å². The summed E-state index contributed by atoms with van der Waals surface area (Å²) in [5, 5.41) is 3.29. The zero-order valence-electron chi connectivity index (χ0n) is 11.0. The standard InChI is InChI=1S/C13H18ClN3OS/c1-10-8-11(9-12(14)16-10)13(18)15-2-3-17-4-6-19-7-5-17/h8-9H,2-7H2,1H3,(H,15,18). The number of halogens is 1. The Kier molecular flexibility index (Phi) is 5.48. The van der Waals surface area contributed by atoms with Gasteiger partial charge in [-0.15, -0.1) is 0 Å². The molecule has 0 radical (unpaired) electrons. The highest BCUT2D eigenvalue weighted by Crippen LogP contribution is 2.10. The van der Waals surface area contributed by atoms with Crippen LogP contribution in [0.1, 0.15) is 16.1 Å². The molecule has 2 rings (SSSR count). The number of aryl methyl sites for hydroxylation is 1. The molecule has 2 heterocycles. The third-order valence-corrected chi connectivity index (χ3v) is 4.14. The molecule has 0 spiro atoms. The van der Waals surface area contributed by atoms with Crippen molar-refractivity contribution in [3.05, 3.63) is 28.5 Å². The highest BCUT2D eigenvalue weighted by Gasteiger charge is 2.11. The number of aromatic nitrogens is 1. The molecular formula is C13H18ClN3OS. The third kappa shape index (κ3) is 4.67. The zero-order valence-corrected chi connectivity index (χ0v) is 12.6. The highest BCUT2D eigenvalue weighted by molar-refractivity contribution is 7.99. The Hall–Kier alpha value is -0.780. The number of carbonyl (C=O) groups excluding carboxylic acids is 1. The van der Waals surface area contributed by atoms with E-state index in [2.05, 4.69) is 15.2 Å². The molecular weight excluding hydrogens is 282 g/mol. The van der Waals surface area contributed by atoms with Crippen LogP contribution in [-0.4, -0.2) is 53.5 Å². The molecule has 0 bridgehead atoms. The first-order chi connectivity index (χ1) is 9.15. The Balaban J connectivity index is 1.80. The van der Waals surface area contributed by atoms with Crippen LogP contribution in [-0.2, 0) is 0 Å². The SMILES string of the molecule is Cc1cc(C(=O)NCCN2CCSCC2)cc(Cl)n1. The fraction of sp³-hybridized carbons (Fsp3) is 0.538. The number of pyridine rings is 1. The average Bonchev–Trinajstić information content (AvgIpc) is 2.38. The van der Waals surface area contributed by atoms with Gasteiger partial charge in [0.2, 0.25) is 0 Å². The lowest BCUT2D eigenvalue weighted by atomic mass is 10.2. The van der Waals surface area contributed by atoms with Gasteiger partial charge in [-0.25, -0.2) is 4.98 Å². The van der Waals surface area contributed by atoms with Gasteiger partial charge < -0.3 is 5.32 Å². The van der Waals surface area contributed by atoms with Crippen LogP contribution < -0.4 is 5.32 Å². The summed E-state index contributed by atoms with van der Waals surface area (Å²) in [5.41, 5.74) is 1.33. The minimum absolute atomic E-state index is 0.0845. The molecule has 1 fully saturated rings. The molecule has 1 aromatic rings. The maximum absolute atomic E-state index is 12.0. The number of rotatable bonds is 4. The molecule has 104 valence electrons. The molecule has 0 unspecified atom stereocenters. The van der Waals surface area contributed by atoms with E-state index in [0.29, 0.717) is 17.3 Å². The zero-order chi connectivity index (χ0) is 13.7. The molecule has 1 aliphatic rings. The van der Waals surface area contributed by atoms with Gasteiger partial charge in [-0.3, -0.25) is 9.69 Å². The molecule has 6 heteroatoms. The summed E-state index contributed by atoms with van der Waals surface area (Å²) in [7, 11) is 0. The first-order valence-electron chi connectivity index (χ1n) is 6.37. The van der Waals surface area contributed by atoms with Gasteiger partial charge in [0.1, 0.15) is 5.15 Å². The van der Waals surface area contributed by atoms with Gasteiger partial charge >= 0.3 is 0 Å². The number of thioether (sulfide) groups is 1. The van der Waals surface area contributed by atoms with E-state index >= 15 is 0 Å². The maximum Gasteiger partial charge on any atom is 0.251 e. The van der Waals surface area contributed by atoms with Crippen molar-refractivity contribution in [3.63, 3.8) is 0 Å². The first kappa shape index (κ1) is 14.6. The normalized spacial score (nSPS) is 16.3. The van der Waals surface area contributed by atoms with E-state index in [1.165, 1.54) is 11.5 Å². The second-order valence-corrected chi connectivity index (χ2v) is 6.14. The molecule has 4 nitrogen and oxygen atoms in total. The van der Waals surface area contributed by atoms with E-state index in [0.717, 1.165) is 25.3 Å². The number of hydrogen-bond acceptors (Lipinski definition) is 4. The summed E-state index contributed by atoms with van der Waals surface area (Å²) >= 11 is 7.84. The van der Waals surface area contributed by atoms with Crippen molar-refractivity contribution in [2.45, 2.75) is 6.92 Å². The average molecular weight is 300 g/mol. The monoisotopic (exact) mass is 299 g/mol. The Bertz CT molecular complexity index is 429. The number of carbonyl (C=O) groups is 1. The van der Waals surface area contributed by atoms with E-state index in [1.54, 1.807) is 12.1 Å². The van der Waals surface area contributed by atoms with E-state index in [1.807, 2.05) is 18.7 Å². The van der Waals surface area contributed by atoms with E-state index in [4.69, 9.17) is 11.6 Å². The van der Waals surface area contributed by atoms with Crippen molar-refractivity contribution in [2.75, 3.05) is 37.7 Å². The fourth-order valence-corrected chi connectivity index (χ4v) is 3.24. The minimum Gasteiger partial charge on any atom is -0.351 e. The van der Waals surface area contributed by atoms with Crippen LogP contribution in [0.4, 0.5) is 0 Å². The van der Waals surface area contributed by atoms with Crippen molar-refractivity contribution in [2.24, 2.45) is 0 Å². The van der Waals surface area contributed by atoms with Crippen LogP contribution >= 0.6 is 23.4 Å². The highest BCUT2D eigenvalue weighted by atomic mass is 35.5.